The van der Waals surface area contributed by atoms with Gasteiger partial charge in [-0.15, -0.1) is 23.2 Å². The molecule has 2 N–H and O–H groups in total. The summed E-state index contributed by atoms with van der Waals surface area (Å²) in [5.41, 5.74) is 0. The van der Waals surface area contributed by atoms with Crippen molar-refractivity contribution < 1.29 is 63.6 Å². The summed E-state index contributed by atoms with van der Waals surface area (Å²) in [4.78, 5) is 57.8. The van der Waals surface area contributed by atoms with E-state index >= 15 is 0 Å². The summed E-state index contributed by atoms with van der Waals surface area (Å²) >= 11 is 17.7. The monoisotopic (exact) mass is 1030 g/mol. The molecule has 0 radical (unpaired) electrons. The Bertz CT molecular complexity index is 1400. The molecule has 0 unspecified atom stereocenters. The minimum Gasteiger partial charge on any atom is -0.339 e. The largest absolute Gasteiger partial charge is 0.345 e. The lowest BCUT2D eigenvalue weighted by molar-refractivity contribution is -0.286. The molecule has 3 aliphatic rings. The highest BCUT2D eigenvalue weighted by atomic mass is 79.9. The molecule has 56 heavy (non-hydrogen) atoms. The summed E-state index contributed by atoms with van der Waals surface area (Å²) in [5, 5.41) is 12.6. The first-order valence-corrected chi connectivity index (χ1v) is 26.0. The Hall–Kier alpha value is -0.730. The molecule has 0 aromatic carbocycles. The zero-order chi connectivity index (χ0) is 42.4. The molecular weight excluding hydrogens is 982 g/mol. The van der Waals surface area contributed by atoms with E-state index in [1.807, 2.05) is 9.80 Å². The van der Waals surface area contributed by atoms with E-state index in [0.29, 0.717) is 107 Å². The molecule has 4 amide bonds. The number of hydrogen-bond donors (Lipinski definition) is 2. The zero-order valence-corrected chi connectivity index (χ0v) is 38.6. The molecule has 0 aromatic rings. The Kier molecular flexibility index (Phi) is 26.6. The van der Waals surface area contributed by atoms with Crippen LogP contribution in [0, 0.1) is 0 Å². The number of amides is 4. The molecule has 0 spiro atoms. The molecule has 20 nitrogen and oxygen atoms in total. The van der Waals surface area contributed by atoms with Gasteiger partial charge in [0, 0.05) is 107 Å². The van der Waals surface area contributed by atoms with Crippen molar-refractivity contribution in [3.05, 3.63) is 0 Å². The summed E-state index contributed by atoms with van der Waals surface area (Å²) in [6, 6.07) is 0. The molecule has 3 rings (SSSR count). The van der Waals surface area contributed by atoms with Gasteiger partial charge in [0.05, 0.1) is 45.2 Å². The lowest BCUT2D eigenvalue weighted by Crippen LogP contribution is -2.50. The fraction of sp³-hybridized carbons (Fsp3) is 0.862. The van der Waals surface area contributed by atoms with Gasteiger partial charge in [0.15, 0.2) is 6.23 Å². The second kappa shape index (κ2) is 27.9. The summed E-state index contributed by atoms with van der Waals surface area (Å²) in [5.74, 6) is 0.485. The topological polar surface area (TPSA) is 239 Å². The van der Waals surface area contributed by atoms with E-state index in [2.05, 4.69) is 50.2 Å². The Morgan fingerprint density at radius 3 is 1.36 bits per heavy atom. The molecule has 0 aliphatic carbocycles. The summed E-state index contributed by atoms with van der Waals surface area (Å²) in [6.45, 7) is 4.59. The quantitative estimate of drug-likeness (QED) is 0.0647. The maximum Gasteiger partial charge on any atom is 0.345 e. The van der Waals surface area contributed by atoms with Gasteiger partial charge in [-0.1, -0.05) is 31.9 Å². The van der Waals surface area contributed by atoms with Crippen LogP contribution in [-0.2, 0) is 61.8 Å². The first kappa shape index (κ1) is 53.3. The van der Waals surface area contributed by atoms with E-state index in [1.165, 1.54) is 14.5 Å². The van der Waals surface area contributed by atoms with Crippen LogP contribution in [0.5, 0.6) is 0 Å². The van der Waals surface area contributed by atoms with E-state index in [9.17, 15) is 40.6 Å². The summed E-state index contributed by atoms with van der Waals surface area (Å²) in [7, 11) is -10.3. The molecule has 3 saturated heterocycles. The van der Waals surface area contributed by atoms with Crippen LogP contribution >= 0.6 is 62.7 Å². The van der Waals surface area contributed by atoms with Crippen molar-refractivity contribution >= 4 is 107 Å². The average Bonchev–Trinajstić information content (AvgIpc) is 3.14. The first-order chi connectivity index (χ1) is 26.3. The van der Waals surface area contributed by atoms with E-state index in [-0.39, 0.29) is 56.3 Å². The predicted molar refractivity (Wildman–Crippen MR) is 216 cm³/mol. The third-order valence-electron chi connectivity index (χ3n) is 7.95. The minimum atomic E-state index is -3.57. The molecule has 3 fully saturated rings. The standard InChI is InChI=1S/C12H22N2O8S2.C10H16Br2N2O2.C7H15Cl2N2O4P/c1-23(17,18)21-9-3-11(15)13-5-7-14(8-6-13)12(16)4-10-22-24(2,19)20;11-3-1-9(15)13-5-7-14(8-6-13)10(16)2-4-12;8-2-4-11(5-3-9)16(13)10-7(15-12)1-6-14-16/h3-10H2,1-2H3;1-8H2;7,12H,1-6H2,(H,10,13)/t;;7-,16-/m..0/s1. The van der Waals surface area contributed by atoms with Crippen molar-refractivity contribution in [2.75, 3.05) is 120 Å². The van der Waals surface area contributed by atoms with Gasteiger partial charge in [-0.3, -0.25) is 37.4 Å². The van der Waals surface area contributed by atoms with Gasteiger partial charge in [0.1, 0.15) is 0 Å². The number of carbonyl (C=O) groups is 4. The van der Waals surface area contributed by atoms with Crippen molar-refractivity contribution in [3.8, 4) is 0 Å². The zero-order valence-electron chi connectivity index (χ0n) is 31.4. The van der Waals surface area contributed by atoms with Gasteiger partial charge in [0.25, 0.3) is 20.2 Å². The normalized spacial score (nSPS) is 20.5. The molecule has 328 valence electrons. The van der Waals surface area contributed by atoms with Crippen molar-refractivity contribution in [3.63, 3.8) is 0 Å². The van der Waals surface area contributed by atoms with Crippen molar-refractivity contribution in [2.45, 2.75) is 38.3 Å². The lowest BCUT2D eigenvalue weighted by atomic mass is 10.2. The van der Waals surface area contributed by atoms with Crippen molar-refractivity contribution in [1.29, 1.82) is 0 Å². The van der Waals surface area contributed by atoms with E-state index in [4.69, 9.17) is 33.0 Å². The molecular formula is C29H53Br2Cl2N6O14PS2. The SMILES string of the molecule is CS(=O)(=O)OCCC(=O)N1CCN(C(=O)CCOS(C)(=O)=O)CC1.O=C(CCBr)N1CCN(C(=O)CCBr)CC1.O=[P@@]1(N(CCCl)CCCl)N[C@@H](OO)CCO1. The van der Waals surface area contributed by atoms with Crippen LogP contribution in [0.3, 0.4) is 0 Å². The summed E-state index contributed by atoms with van der Waals surface area (Å²) in [6.07, 6.45) is 2.53. The average molecular weight is 1040 g/mol. The molecule has 0 aromatic heterocycles. The highest BCUT2D eigenvalue weighted by Gasteiger charge is 2.38. The van der Waals surface area contributed by atoms with Crippen LogP contribution < -0.4 is 5.09 Å². The molecule has 0 bridgehead atoms. The Morgan fingerprint density at radius 2 is 1.07 bits per heavy atom. The molecule has 27 heteroatoms. The predicted octanol–water partition coefficient (Wildman–Crippen LogP) is 1.32. The number of alkyl halides is 4. The lowest BCUT2D eigenvalue weighted by Gasteiger charge is -2.35. The van der Waals surface area contributed by atoms with Crippen LogP contribution in [0.2, 0.25) is 0 Å². The highest BCUT2D eigenvalue weighted by molar-refractivity contribution is 9.09. The number of halogens is 4. The van der Waals surface area contributed by atoms with Gasteiger partial charge >= 0.3 is 7.67 Å². The van der Waals surface area contributed by atoms with Crippen LogP contribution in [-0.4, -0.2) is 196 Å². The maximum atomic E-state index is 12.4. The van der Waals surface area contributed by atoms with Crippen LogP contribution in [0.1, 0.15) is 32.1 Å². The van der Waals surface area contributed by atoms with Crippen molar-refractivity contribution in [1.82, 2.24) is 29.4 Å². The first-order valence-electron chi connectivity index (χ1n) is 17.4. The second-order valence-corrected chi connectivity index (χ2v) is 19.9. The van der Waals surface area contributed by atoms with Crippen molar-refractivity contribution in [2.24, 2.45) is 0 Å². The molecule has 3 aliphatic heterocycles. The maximum absolute atomic E-state index is 12.4. The van der Waals surface area contributed by atoms with Crippen LogP contribution in [0.25, 0.3) is 0 Å². The number of nitrogens with zero attached hydrogens (tertiary/aromatic N) is 5. The van der Waals surface area contributed by atoms with Gasteiger partial charge in [-0.05, 0) is 0 Å². The number of nitrogens with one attached hydrogen (secondary N) is 1. The third kappa shape index (κ3) is 22.0. The third-order valence-corrected chi connectivity index (χ3v) is 12.6. The Balaban J connectivity index is 0.000000434. The van der Waals surface area contributed by atoms with E-state index in [1.54, 1.807) is 0 Å². The number of rotatable bonds is 18. The second-order valence-electron chi connectivity index (χ2n) is 12.2. The van der Waals surface area contributed by atoms with Gasteiger partial charge in [-0.25, -0.2) is 14.6 Å². The smallest absolute Gasteiger partial charge is 0.339 e. The summed E-state index contributed by atoms with van der Waals surface area (Å²) < 4.78 is 71.4. The minimum absolute atomic E-state index is 0.0524. The van der Waals surface area contributed by atoms with E-state index < -0.39 is 34.1 Å². The molecule has 0 saturated carbocycles. The van der Waals surface area contributed by atoms with Crippen LogP contribution in [0.15, 0.2) is 0 Å². The number of piperazine rings is 2. The van der Waals surface area contributed by atoms with Gasteiger partial charge < -0.3 is 24.1 Å². The highest BCUT2D eigenvalue weighted by Crippen LogP contribution is 2.49. The van der Waals surface area contributed by atoms with Gasteiger partial charge in [-0.2, -0.15) is 16.8 Å². The number of hydrogen-bond acceptors (Lipinski definition) is 14. The Labute approximate surface area is 356 Å². The molecule has 2 atom stereocenters. The molecule has 3 heterocycles. The van der Waals surface area contributed by atoms with Crippen LogP contribution in [0.4, 0.5) is 0 Å². The fourth-order valence-electron chi connectivity index (χ4n) is 5.14. The number of carbonyl (C=O) groups excluding carboxylic acids is 4. The van der Waals surface area contributed by atoms with E-state index in [0.717, 1.165) is 12.5 Å². The Morgan fingerprint density at radius 1 is 0.732 bits per heavy atom. The van der Waals surface area contributed by atoms with Gasteiger partial charge in [0.2, 0.25) is 23.6 Å². The fourth-order valence-corrected chi connectivity index (χ4v) is 9.26.